The van der Waals surface area contributed by atoms with E-state index in [2.05, 4.69) is 50.1 Å². The summed E-state index contributed by atoms with van der Waals surface area (Å²) in [6.45, 7) is 6.66. The van der Waals surface area contributed by atoms with Gasteiger partial charge in [-0.3, -0.25) is 15.1 Å². The quantitative estimate of drug-likeness (QED) is 0.448. The highest BCUT2D eigenvalue weighted by atomic mass is 79.9. The van der Waals surface area contributed by atoms with Crippen LogP contribution >= 0.6 is 15.9 Å². The molecule has 0 atom stereocenters. The first-order chi connectivity index (χ1) is 8.44. The third-order valence-electron chi connectivity index (χ3n) is 2.45. The third kappa shape index (κ3) is 5.14. The van der Waals surface area contributed by atoms with E-state index in [0.717, 1.165) is 13.1 Å². The molecule has 0 saturated carbocycles. The standard InChI is InChI=1S/C11H19BrN4O2/c1-11(2)6-16(7-11)10(17)5-14-8-13-4-9(12)15-18-3/h4,14H,5-8H2,1-3H3. The average molecular weight is 319 g/mol. The van der Waals surface area contributed by atoms with Gasteiger partial charge >= 0.3 is 0 Å². The molecule has 0 aromatic heterocycles. The molecule has 0 aromatic carbocycles. The summed E-state index contributed by atoms with van der Waals surface area (Å²) in [6.07, 6.45) is 1.52. The molecule has 1 saturated heterocycles. The lowest BCUT2D eigenvalue weighted by molar-refractivity contribution is -0.140. The Hall–Kier alpha value is -0.950. The molecule has 0 aliphatic carbocycles. The van der Waals surface area contributed by atoms with Gasteiger partial charge in [-0.1, -0.05) is 19.0 Å². The van der Waals surface area contributed by atoms with Crippen LogP contribution in [0.1, 0.15) is 13.8 Å². The molecule has 18 heavy (non-hydrogen) atoms. The molecule has 1 fully saturated rings. The lowest BCUT2D eigenvalue weighted by Gasteiger charge is -2.45. The molecule has 0 radical (unpaired) electrons. The molecule has 102 valence electrons. The van der Waals surface area contributed by atoms with Crippen molar-refractivity contribution >= 4 is 32.7 Å². The second-order valence-corrected chi connectivity index (χ2v) is 5.72. The van der Waals surface area contributed by atoms with Crippen LogP contribution in [-0.2, 0) is 9.63 Å². The largest absolute Gasteiger partial charge is 0.398 e. The van der Waals surface area contributed by atoms with Crippen molar-refractivity contribution < 1.29 is 9.63 Å². The lowest BCUT2D eigenvalue weighted by atomic mass is 9.84. The van der Waals surface area contributed by atoms with Gasteiger partial charge in [0.05, 0.1) is 19.4 Å². The number of amides is 1. The van der Waals surface area contributed by atoms with Gasteiger partial charge in [-0.05, 0) is 21.3 Å². The Morgan fingerprint density at radius 3 is 2.78 bits per heavy atom. The minimum Gasteiger partial charge on any atom is -0.398 e. The van der Waals surface area contributed by atoms with E-state index in [0.29, 0.717) is 17.8 Å². The van der Waals surface area contributed by atoms with Crippen LogP contribution in [-0.4, -0.2) is 55.1 Å². The molecule has 7 heteroatoms. The van der Waals surface area contributed by atoms with Gasteiger partial charge in [-0.25, -0.2) is 0 Å². The molecular formula is C11H19BrN4O2. The molecule has 0 bridgehead atoms. The van der Waals surface area contributed by atoms with Gasteiger partial charge < -0.3 is 9.74 Å². The fourth-order valence-electron chi connectivity index (χ4n) is 1.73. The Labute approximate surface area is 116 Å². The van der Waals surface area contributed by atoms with E-state index >= 15 is 0 Å². The summed E-state index contributed by atoms with van der Waals surface area (Å²) in [6, 6.07) is 0. The number of hydrogen-bond acceptors (Lipinski definition) is 5. The number of rotatable bonds is 6. The van der Waals surface area contributed by atoms with Gasteiger partial charge in [0, 0.05) is 13.1 Å². The predicted octanol–water partition coefficient (Wildman–Crippen LogP) is 0.827. The van der Waals surface area contributed by atoms with Gasteiger partial charge in [-0.15, -0.1) is 0 Å². The van der Waals surface area contributed by atoms with E-state index in [1.54, 1.807) is 0 Å². The average Bonchev–Trinajstić information content (AvgIpc) is 2.25. The summed E-state index contributed by atoms with van der Waals surface area (Å²) in [5, 5.41) is 6.56. The second-order valence-electron chi connectivity index (χ2n) is 4.91. The SMILES string of the molecule is CON=C(Br)C=NCNCC(=O)N1CC(C)(C)C1. The molecule has 1 N–H and O–H groups in total. The first kappa shape index (κ1) is 15.1. The number of aliphatic imine (C=N–C) groups is 1. The highest BCUT2D eigenvalue weighted by Crippen LogP contribution is 2.28. The molecule has 6 nitrogen and oxygen atoms in total. The van der Waals surface area contributed by atoms with Crippen LogP contribution in [0.25, 0.3) is 0 Å². The number of nitrogens with one attached hydrogen (secondary N) is 1. The van der Waals surface area contributed by atoms with E-state index in [1.807, 2.05) is 4.90 Å². The van der Waals surface area contributed by atoms with E-state index < -0.39 is 0 Å². The summed E-state index contributed by atoms with van der Waals surface area (Å²) in [5.74, 6) is 0.120. The summed E-state index contributed by atoms with van der Waals surface area (Å²) in [5.41, 5.74) is 0.273. The zero-order valence-electron chi connectivity index (χ0n) is 10.9. The van der Waals surface area contributed by atoms with Gasteiger partial charge in [0.1, 0.15) is 7.11 Å². The predicted molar refractivity (Wildman–Crippen MR) is 75.1 cm³/mol. The number of carbonyl (C=O) groups excluding carboxylic acids is 1. The van der Waals surface area contributed by atoms with Crippen molar-refractivity contribution in [2.45, 2.75) is 13.8 Å². The maximum absolute atomic E-state index is 11.7. The van der Waals surface area contributed by atoms with Crippen molar-refractivity contribution in [1.29, 1.82) is 0 Å². The Kier molecular flexibility index (Phi) is 5.74. The van der Waals surface area contributed by atoms with Gasteiger partial charge in [0.25, 0.3) is 0 Å². The summed E-state index contributed by atoms with van der Waals surface area (Å²) in [4.78, 5) is 22.1. The Morgan fingerprint density at radius 2 is 2.22 bits per heavy atom. The van der Waals surface area contributed by atoms with Crippen molar-refractivity contribution in [3.63, 3.8) is 0 Å². The number of oxime groups is 1. The molecule has 0 aromatic rings. The van der Waals surface area contributed by atoms with Gasteiger partial charge in [0.15, 0.2) is 4.62 Å². The molecule has 1 aliphatic rings. The Morgan fingerprint density at radius 1 is 1.56 bits per heavy atom. The van der Waals surface area contributed by atoms with E-state index in [4.69, 9.17) is 0 Å². The molecule has 1 heterocycles. The molecule has 1 aliphatic heterocycles. The van der Waals surface area contributed by atoms with Gasteiger partial charge in [0.2, 0.25) is 5.91 Å². The van der Waals surface area contributed by atoms with Gasteiger partial charge in [-0.2, -0.15) is 0 Å². The molecule has 1 rings (SSSR count). The topological polar surface area (TPSA) is 66.3 Å². The number of hydrogen-bond donors (Lipinski definition) is 1. The monoisotopic (exact) mass is 318 g/mol. The Bertz CT molecular complexity index is 347. The van der Waals surface area contributed by atoms with E-state index in [9.17, 15) is 4.79 Å². The smallest absolute Gasteiger partial charge is 0.236 e. The number of carbonyl (C=O) groups is 1. The highest BCUT2D eigenvalue weighted by molar-refractivity contribution is 9.19. The molecule has 0 unspecified atom stereocenters. The van der Waals surface area contributed by atoms with Crippen molar-refractivity contribution in [1.82, 2.24) is 10.2 Å². The molecular weight excluding hydrogens is 300 g/mol. The van der Waals surface area contributed by atoms with E-state index in [1.165, 1.54) is 13.3 Å². The number of halogens is 1. The van der Waals surface area contributed by atoms with Crippen molar-refractivity contribution in [2.75, 3.05) is 33.4 Å². The van der Waals surface area contributed by atoms with Crippen LogP contribution in [0.4, 0.5) is 0 Å². The lowest BCUT2D eigenvalue weighted by Crippen LogP contribution is -2.57. The zero-order chi connectivity index (χ0) is 13.6. The third-order valence-corrected chi connectivity index (χ3v) is 2.80. The maximum Gasteiger partial charge on any atom is 0.236 e. The summed E-state index contributed by atoms with van der Waals surface area (Å²) < 4.78 is 0.502. The van der Waals surface area contributed by atoms with Crippen LogP contribution in [0.2, 0.25) is 0 Å². The second kappa shape index (κ2) is 6.84. The van der Waals surface area contributed by atoms with Crippen molar-refractivity contribution in [3.05, 3.63) is 0 Å². The van der Waals surface area contributed by atoms with Crippen molar-refractivity contribution in [2.24, 2.45) is 15.6 Å². The van der Waals surface area contributed by atoms with Crippen LogP contribution < -0.4 is 5.32 Å². The summed E-state index contributed by atoms with van der Waals surface area (Å²) in [7, 11) is 1.46. The zero-order valence-corrected chi connectivity index (χ0v) is 12.5. The number of nitrogens with zero attached hydrogens (tertiary/aromatic N) is 3. The first-order valence-corrected chi connectivity index (χ1v) is 6.49. The van der Waals surface area contributed by atoms with Crippen LogP contribution in [0.3, 0.4) is 0 Å². The van der Waals surface area contributed by atoms with E-state index in [-0.39, 0.29) is 11.3 Å². The Balaban J connectivity index is 2.12. The molecule has 0 spiro atoms. The van der Waals surface area contributed by atoms with Crippen molar-refractivity contribution in [3.8, 4) is 0 Å². The normalized spacial score (nSPS) is 18.9. The highest BCUT2D eigenvalue weighted by Gasteiger charge is 2.36. The van der Waals surface area contributed by atoms with Crippen LogP contribution in [0.5, 0.6) is 0 Å². The number of likely N-dealkylation sites (tertiary alicyclic amines) is 1. The fraction of sp³-hybridized carbons (Fsp3) is 0.727. The molecule has 1 amide bonds. The summed E-state index contributed by atoms with van der Waals surface area (Å²) >= 11 is 3.15. The minimum absolute atomic E-state index is 0.120. The van der Waals surface area contributed by atoms with Crippen LogP contribution in [0, 0.1) is 5.41 Å². The fourth-order valence-corrected chi connectivity index (χ4v) is 2.02. The first-order valence-electron chi connectivity index (χ1n) is 5.69. The van der Waals surface area contributed by atoms with Crippen LogP contribution in [0.15, 0.2) is 10.1 Å². The maximum atomic E-state index is 11.7. The minimum atomic E-state index is 0.120.